The van der Waals surface area contributed by atoms with Gasteiger partial charge < -0.3 is 10.9 Å². The summed E-state index contributed by atoms with van der Waals surface area (Å²) in [5.41, 5.74) is 5.71. The molecule has 98 valence electrons. The Kier molecular flexibility index (Phi) is 4.66. The maximum Gasteiger partial charge on any atom is 0.153 e. The highest BCUT2D eigenvalue weighted by Gasteiger charge is 2.30. The molecule has 2 aliphatic carbocycles. The SMILES string of the molecule is NC(CN(C1CCCCC1)C1CCCC1)=NO. The Morgan fingerprint density at radius 2 is 1.47 bits per heavy atom. The summed E-state index contributed by atoms with van der Waals surface area (Å²) in [6, 6.07) is 1.32. The highest BCUT2D eigenvalue weighted by Crippen LogP contribution is 2.30. The van der Waals surface area contributed by atoms with Gasteiger partial charge in [0.05, 0.1) is 6.54 Å². The monoisotopic (exact) mass is 239 g/mol. The molecule has 0 atom stereocenters. The Balaban J connectivity index is 1.99. The standard InChI is InChI=1S/C13H25N3O/c14-13(15-17)10-16(12-8-4-5-9-12)11-6-2-1-3-7-11/h11-12,17H,1-10H2,(H2,14,15). The molecule has 0 radical (unpaired) electrons. The van der Waals surface area contributed by atoms with E-state index in [1.54, 1.807) is 0 Å². The quantitative estimate of drug-likeness (QED) is 0.342. The van der Waals surface area contributed by atoms with Crippen LogP contribution in [0.2, 0.25) is 0 Å². The van der Waals surface area contributed by atoms with Gasteiger partial charge in [-0.2, -0.15) is 0 Å². The maximum atomic E-state index is 8.76. The summed E-state index contributed by atoms with van der Waals surface area (Å²) in [7, 11) is 0. The van der Waals surface area contributed by atoms with Crippen LogP contribution in [0, 0.1) is 0 Å². The van der Waals surface area contributed by atoms with E-state index >= 15 is 0 Å². The molecule has 0 aromatic carbocycles. The number of nitrogens with two attached hydrogens (primary N) is 1. The van der Waals surface area contributed by atoms with E-state index in [0.29, 0.717) is 24.5 Å². The largest absolute Gasteiger partial charge is 0.409 e. The molecule has 0 heterocycles. The molecule has 0 spiro atoms. The molecule has 0 aliphatic heterocycles. The molecule has 0 saturated heterocycles. The number of hydrogen-bond acceptors (Lipinski definition) is 3. The van der Waals surface area contributed by atoms with Crippen molar-refractivity contribution in [3.05, 3.63) is 0 Å². The molecule has 0 bridgehead atoms. The Hall–Kier alpha value is -0.770. The molecule has 3 N–H and O–H groups in total. The molecule has 0 unspecified atom stereocenters. The number of rotatable bonds is 4. The maximum absolute atomic E-state index is 8.76. The van der Waals surface area contributed by atoms with Crippen molar-refractivity contribution in [2.75, 3.05) is 6.54 Å². The second-order valence-electron chi connectivity index (χ2n) is 5.49. The zero-order valence-corrected chi connectivity index (χ0v) is 10.6. The fourth-order valence-electron chi connectivity index (χ4n) is 3.42. The van der Waals surface area contributed by atoms with Crippen LogP contribution in [-0.2, 0) is 0 Å². The summed E-state index contributed by atoms with van der Waals surface area (Å²) in [5.74, 6) is 0.363. The lowest BCUT2D eigenvalue weighted by molar-refractivity contribution is 0.124. The normalized spacial score (nSPS) is 24.6. The minimum absolute atomic E-state index is 0.363. The molecule has 4 nitrogen and oxygen atoms in total. The van der Waals surface area contributed by atoms with E-state index in [0.717, 1.165) is 0 Å². The number of nitrogens with zero attached hydrogens (tertiary/aromatic N) is 2. The topological polar surface area (TPSA) is 61.8 Å². The van der Waals surface area contributed by atoms with E-state index in [9.17, 15) is 0 Å². The molecule has 2 fully saturated rings. The van der Waals surface area contributed by atoms with Gasteiger partial charge in [0.15, 0.2) is 5.84 Å². The Labute approximate surface area is 104 Å². The third-order valence-electron chi connectivity index (χ3n) is 4.31. The van der Waals surface area contributed by atoms with E-state index in [1.165, 1.54) is 57.8 Å². The van der Waals surface area contributed by atoms with Crippen LogP contribution in [0.1, 0.15) is 57.8 Å². The first-order chi connectivity index (χ1) is 8.31. The molecule has 2 aliphatic rings. The smallest absolute Gasteiger partial charge is 0.153 e. The van der Waals surface area contributed by atoms with E-state index < -0.39 is 0 Å². The van der Waals surface area contributed by atoms with E-state index in [4.69, 9.17) is 10.9 Å². The average molecular weight is 239 g/mol. The van der Waals surface area contributed by atoms with Gasteiger partial charge in [0.25, 0.3) is 0 Å². The third-order valence-corrected chi connectivity index (χ3v) is 4.31. The first kappa shape index (κ1) is 12.7. The molecule has 2 rings (SSSR count). The predicted molar refractivity (Wildman–Crippen MR) is 69.2 cm³/mol. The van der Waals surface area contributed by atoms with Crippen molar-refractivity contribution in [1.29, 1.82) is 0 Å². The van der Waals surface area contributed by atoms with Crippen molar-refractivity contribution < 1.29 is 5.21 Å². The van der Waals surface area contributed by atoms with Gasteiger partial charge in [-0.05, 0) is 25.7 Å². The summed E-state index contributed by atoms with van der Waals surface area (Å²) in [6.07, 6.45) is 11.9. The lowest BCUT2D eigenvalue weighted by Gasteiger charge is -2.38. The van der Waals surface area contributed by atoms with Crippen molar-refractivity contribution in [2.45, 2.75) is 69.9 Å². The molecule has 0 aromatic heterocycles. The molecular formula is C13H25N3O. The second kappa shape index (κ2) is 6.24. The second-order valence-corrected chi connectivity index (χ2v) is 5.49. The van der Waals surface area contributed by atoms with Crippen molar-refractivity contribution in [3.8, 4) is 0 Å². The van der Waals surface area contributed by atoms with Crippen LogP contribution in [0.5, 0.6) is 0 Å². The predicted octanol–water partition coefficient (Wildman–Crippen LogP) is 2.31. The fraction of sp³-hybridized carbons (Fsp3) is 0.923. The van der Waals surface area contributed by atoms with Gasteiger partial charge in [0.2, 0.25) is 0 Å². The van der Waals surface area contributed by atoms with Gasteiger partial charge in [-0.1, -0.05) is 37.3 Å². The highest BCUT2D eigenvalue weighted by atomic mass is 16.4. The van der Waals surface area contributed by atoms with E-state index in [1.807, 2.05) is 0 Å². The van der Waals surface area contributed by atoms with Gasteiger partial charge in [-0.25, -0.2) is 0 Å². The molecule has 0 amide bonds. The molecule has 4 heteroatoms. The summed E-state index contributed by atoms with van der Waals surface area (Å²) >= 11 is 0. The number of amidine groups is 1. The van der Waals surface area contributed by atoms with Crippen LogP contribution in [0.3, 0.4) is 0 Å². The molecular weight excluding hydrogens is 214 g/mol. The summed E-state index contributed by atoms with van der Waals surface area (Å²) in [4.78, 5) is 2.52. The van der Waals surface area contributed by atoms with Crippen LogP contribution < -0.4 is 5.73 Å². The summed E-state index contributed by atoms with van der Waals surface area (Å²) in [6.45, 7) is 0.645. The van der Waals surface area contributed by atoms with Gasteiger partial charge in [0, 0.05) is 12.1 Å². The first-order valence-corrected chi connectivity index (χ1v) is 7.03. The number of oxime groups is 1. The van der Waals surface area contributed by atoms with E-state index in [-0.39, 0.29) is 0 Å². The van der Waals surface area contributed by atoms with Crippen LogP contribution in [0.4, 0.5) is 0 Å². The van der Waals surface area contributed by atoms with Crippen molar-refractivity contribution >= 4 is 5.84 Å². The lowest BCUT2D eigenvalue weighted by atomic mass is 9.93. The van der Waals surface area contributed by atoms with E-state index in [2.05, 4.69) is 10.1 Å². The minimum atomic E-state index is 0.363. The van der Waals surface area contributed by atoms with Crippen molar-refractivity contribution in [2.24, 2.45) is 10.9 Å². The lowest BCUT2D eigenvalue weighted by Crippen LogP contribution is -2.47. The van der Waals surface area contributed by atoms with Gasteiger partial charge in [-0.15, -0.1) is 0 Å². The van der Waals surface area contributed by atoms with Gasteiger partial charge in [0.1, 0.15) is 0 Å². The highest BCUT2D eigenvalue weighted by molar-refractivity contribution is 5.81. The minimum Gasteiger partial charge on any atom is -0.409 e. The van der Waals surface area contributed by atoms with Gasteiger partial charge in [-0.3, -0.25) is 4.90 Å². The molecule has 17 heavy (non-hydrogen) atoms. The first-order valence-electron chi connectivity index (χ1n) is 7.03. The van der Waals surface area contributed by atoms with Gasteiger partial charge >= 0.3 is 0 Å². The Bertz CT molecular complexity index is 255. The molecule has 0 aromatic rings. The Morgan fingerprint density at radius 1 is 1.00 bits per heavy atom. The Morgan fingerprint density at radius 3 is 1.94 bits per heavy atom. The summed E-state index contributed by atoms with van der Waals surface area (Å²) in [5, 5.41) is 11.9. The summed E-state index contributed by atoms with van der Waals surface area (Å²) < 4.78 is 0. The number of hydrogen-bond donors (Lipinski definition) is 2. The average Bonchev–Trinajstić information content (AvgIpc) is 2.90. The van der Waals surface area contributed by atoms with Crippen molar-refractivity contribution in [1.82, 2.24) is 4.90 Å². The van der Waals surface area contributed by atoms with Crippen LogP contribution >= 0.6 is 0 Å². The van der Waals surface area contributed by atoms with Crippen LogP contribution in [-0.4, -0.2) is 34.6 Å². The zero-order valence-electron chi connectivity index (χ0n) is 10.6. The zero-order chi connectivity index (χ0) is 12.1. The molecule has 2 saturated carbocycles. The fourth-order valence-corrected chi connectivity index (χ4v) is 3.42. The van der Waals surface area contributed by atoms with Crippen molar-refractivity contribution in [3.63, 3.8) is 0 Å². The third kappa shape index (κ3) is 3.35. The van der Waals surface area contributed by atoms with Crippen LogP contribution in [0.25, 0.3) is 0 Å². The van der Waals surface area contributed by atoms with Crippen LogP contribution in [0.15, 0.2) is 5.16 Å².